The van der Waals surface area contributed by atoms with Gasteiger partial charge < -0.3 is 5.11 Å². The number of benzene rings is 1. The zero-order valence-corrected chi connectivity index (χ0v) is 13.2. The highest BCUT2D eigenvalue weighted by Gasteiger charge is 2.26. The summed E-state index contributed by atoms with van der Waals surface area (Å²) in [6.45, 7) is 1.78. The van der Waals surface area contributed by atoms with Gasteiger partial charge in [0.15, 0.2) is 5.75 Å². The molecular formula is C15H15N3O3S. The van der Waals surface area contributed by atoms with E-state index in [9.17, 15) is 13.5 Å². The average molecular weight is 317 g/mol. The molecule has 0 radical (unpaired) electrons. The molecule has 0 amide bonds. The zero-order chi connectivity index (χ0) is 16.1. The number of fused-ring (bicyclic) bond motifs is 2. The average Bonchev–Trinajstić information content (AvgIpc) is 2.48. The molecule has 7 heteroatoms. The monoisotopic (exact) mass is 317 g/mol. The van der Waals surface area contributed by atoms with Gasteiger partial charge in [0.2, 0.25) is 10.0 Å². The molecule has 0 spiro atoms. The number of phenols is 1. The number of sulfonamides is 1. The lowest BCUT2D eigenvalue weighted by molar-refractivity contribution is 0.485. The fourth-order valence-electron chi connectivity index (χ4n) is 2.42. The minimum Gasteiger partial charge on any atom is -0.504 e. The molecule has 6 nitrogen and oxygen atoms in total. The van der Waals surface area contributed by atoms with Gasteiger partial charge in [-0.25, -0.2) is 17.7 Å². The normalized spacial score (nSPS) is 12.4. The van der Waals surface area contributed by atoms with E-state index in [1.54, 1.807) is 31.2 Å². The Kier molecular flexibility index (Phi) is 3.26. The van der Waals surface area contributed by atoms with Gasteiger partial charge in [0.25, 0.3) is 0 Å². The fourth-order valence-corrected chi connectivity index (χ4v) is 3.67. The largest absolute Gasteiger partial charge is 0.504 e. The highest BCUT2D eigenvalue weighted by atomic mass is 32.2. The molecule has 3 aromatic rings. The van der Waals surface area contributed by atoms with Crippen molar-refractivity contribution in [3.8, 4) is 5.75 Å². The molecule has 22 heavy (non-hydrogen) atoms. The second-order valence-electron chi connectivity index (χ2n) is 5.21. The van der Waals surface area contributed by atoms with Gasteiger partial charge in [-0.2, -0.15) is 0 Å². The number of phenolic OH excluding ortho intramolecular Hbond substituents is 1. The Morgan fingerprint density at radius 1 is 1.09 bits per heavy atom. The number of pyridine rings is 2. The fraction of sp³-hybridized carbons (Fsp3) is 0.200. The topological polar surface area (TPSA) is 83.4 Å². The van der Waals surface area contributed by atoms with Crippen molar-refractivity contribution in [2.75, 3.05) is 14.1 Å². The second kappa shape index (κ2) is 4.89. The van der Waals surface area contributed by atoms with E-state index in [1.807, 2.05) is 0 Å². The summed E-state index contributed by atoms with van der Waals surface area (Å²) in [4.78, 5) is 8.52. The van der Waals surface area contributed by atoms with Crippen LogP contribution in [0.5, 0.6) is 5.75 Å². The summed E-state index contributed by atoms with van der Waals surface area (Å²) in [6.07, 6.45) is 1.51. The van der Waals surface area contributed by atoms with Crippen LogP contribution in [0.1, 0.15) is 5.69 Å². The number of aromatic nitrogens is 2. The SMILES string of the molecule is Cc1ccc2c(S(=O)(=O)N(C)C)c3cccnc3c(O)c2n1. The van der Waals surface area contributed by atoms with Crippen molar-refractivity contribution in [1.29, 1.82) is 0 Å². The van der Waals surface area contributed by atoms with Crippen LogP contribution in [0.3, 0.4) is 0 Å². The van der Waals surface area contributed by atoms with Crippen LogP contribution < -0.4 is 0 Å². The van der Waals surface area contributed by atoms with Gasteiger partial charge in [-0.15, -0.1) is 0 Å². The van der Waals surface area contributed by atoms with E-state index in [-0.39, 0.29) is 21.7 Å². The first-order chi connectivity index (χ1) is 10.3. The van der Waals surface area contributed by atoms with Crippen LogP contribution in [-0.2, 0) is 10.0 Å². The van der Waals surface area contributed by atoms with E-state index >= 15 is 0 Å². The third-order valence-corrected chi connectivity index (χ3v) is 5.44. The van der Waals surface area contributed by atoms with E-state index in [0.717, 1.165) is 4.31 Å². The minimum atomic E-state index is -3.72. The Balaban J connectivity index is 2.65. The van der Waals surface area contributed by atoms with Gasteiger partial charge in [-0.05, 0) is 31.2 Å². The van der Waals surface area contributed by atoms with E-state index in [4.69, 9.17) is 0 Å². The van der Waals surface area contributed by atoms with Crippen LogP contribution in [0.25, 0.3) is 21.8 Å². The van der Waals surface area contributed by atoms with E-state index in [0.29, 0.717) is 16.5 Å². The maximum Gasteiger partial charge on any atom is 0.243 e. The molecule has 0 aliphatic carbocycles. The number of nitrogens with zero attached hydrogens (tertiary/aromatic N) is 3. The summed E-state index contributed by atoms with van der Waals surface area (Å²) >= 11 is 0. The standard InChI is InChI=1S/C15H15N3O3S/c1-9-6-7-11-13(17-9)14(19)12-10(5-4-8-16-12)15(11)22(20,21)18(2)3/h4-8,19H,1-3H3. The van der Waals surface area contributed by atoms with Crippen molar-refractivity contribution >= 4 is 31.8 Å². The third-order valence-electron chi connectivity index (χ3n) is 3.52. The molecule has 0 atom stereocenters. The summed E-state index contributed by atoms with van der Waals surface area (Å²) in [5.41, 5.74) is 1.16. The summed E-state index contributed by atoms with van der Waals surface area (Å²) in [5.74, 6) is -0.105. The number of rotatable bonds is 2. The molecule has 0 aliphatic rings. The van der Waals surface area contributed by atoms with Crippen molar-refractivity contribution in [2.24, 2.45) is 0 Å². The van der Waals surface area contributed by atoms with Gasteiger partial charge in [-0.1, -0.05) is 0 Å². The molecule has 0 saturated carbocycles. The molecule has 1 N–H and O–H groups in total. The Bertz CT molecular complexity index is 998. The minimum absolute atomic E-state index is 0.105. The van der Waals surface area contributed by atoms with Gasteiger partial charge in [-0.3, -0.25) is 4.98 Å². The Labute approximate surface area is 128 Å². The van der Waals surface area contributed by atoms with E-state index in [2.05, 4.69) is 9.97 Å². The smallest absolute Gasteiger partial charge is 0.243 e. The Morgan fingerprint density at radius 2 is 1.77 bits per heavy atom. The van der Waals surface area contributed by atoms with Crippen LogP contribution in [-0.4, -0.2) is 41.9 Å². The summed E-state index contributed by atoms with van der Waals surface area (Å²) < 4.78 is 26.6. The highest BCUT2D eigenvalue weighted by Crippen LogP contribution is 2.38. The summed E-state index contributed by atoms with van der Waals surface area (Å²) in [5, 5.41) is 11.2. The van der Waals surface area contributed by atoms with Gasteiger partial charge in [0.05, 0.1) is 0 Å². The maximum atomic E-state index is 12.7. The number of hydrogen-bond acceptors (Lipinski definition) is 5. The van der Waals surface area contributed by atoms with Crippen molar-refractivity contribution in [3.63, 3.8) is 0 Å². The van der Waals surface area contributed by atoms with E-state index < -0.39 is 10.0 Å². The second-order valence-corrected chi connectivity index (χ2v) is 7.30. The van der Waals surface area contributed by atoms with Crippen LogP contribution in [0.4, 0.5) is 0 Å². The number of aryl methyl sites for hydroxylation is 1. The Morgan fingerprint density at radius 3 is 2.45 bits per heavy atom. The Hall–Kier alpha value is -2.25. The predicted octanol–water partition coefficient (Wildman–Crippen LogP) is 2.05. The molecule has 0 unspecified atom stereocenters. The lowest BCUT2D eigenvalue weighted by Crippen LogP contribution is -2.23. The van der Waals surface area contributed by atoms with Crippen molar-refractivity contribution < 1.29 is 13.5 Å². The molecule has 0 bridgehead atoms. The predicted molar refractivity (Wildman–Crippen MR) is 84.3 cm³/mol. The van der Waals surface area contributed by atoms with Gasteiger partial charge in [0.1, 0.15) is 15.9 Å². The molecule has 0 fully saturated rings. The number of aromatic hydroxyl groups is 1. The molecule has 2 aromatic heterocycles. The van der Waals surface area contributed by atoms with Crippen molar-refractivity contribution in [1.82, 2.24) is 14.3 Å². The van der Waals surface area contributed by atoms with Gasteiger partial charge in [0, 0.05) is 36.8 Å². The zero-order valence-electron chi connectivity index (χ0n) is 12.4. The maximum absolute atomic E-state index is 12.7. The van der Waals surface area contributed by atoms with Crippen molar-refractivity contribution in [2.45, 2.75) is 11.8 Å². The van der Waals surface area contributed by atoms with Crippen LogP contribution in [0, 0.1) is 6.92 Å². The highest BCUT2D eigenvalue weighted by molar-refractivity contribution is 7.89. The molecule has 1 aromatic carbocycles. The lowest BCUT2D eigenvalue weighted by atomic mass is 10.1. The van der Waals surface area contributed by atoms with E-state index in [1.165, 1.54) is 20.3 Å². The van der Waals surface area contributed by atoms with Crippen LogP contribution in [0.2, 0.25) is 0 Å². The molecule has 114 valence electrons. The van der Waals surface area contributed by atoms with Gasteiger partial charge >= 0.3 is 0 Å². The molecule has 2 heterocycles. The quantitative estimate of drug-likeness (QED) is 0.731. The first kappa shape index (κ1) is 14.7. The first-order valence-electron chi connectivity index (χ1n) is 6.63. The summed E-state index contributed by atoms with van der Waals surface area (Å²) in [6, 6.07) is 6.67. The summed E-state index contributed by atoms with van der Waals surface area (Å²) in [7, 11) is -0.777. The molecular weight excluding hydrogens is 302 g/mol. The molecule has 0 aliphatic heterocycles. The molecule has 3 rings (SSSR count). The lowest BCUT2D eigenvalue weighted by Gasteiger charge is -2.16. The van der Waals surface area contributed by atoms with Crippen LogP contribution >= 0.6 is 0 Å². The molecule has 0 saturated heterocycles. The van der Waals surface area contributed by atoms with Crippen LogP contribution in [0.15, 0.2) is 35.4 Å². The first-order valence-corrected chi connectivity index (χ1v) is 8.07. The van der Waals surface area contributed by atoms with Crippen molar-refractivity contribution in [3.05, 3.63) is 36.2 Å². The third kappa shape index (κ3) is 2.01. The number of hydrogen-bond donors (Lipinski definition) is 1.